The van der Waals surface area contributed by atoms with Crippen molar-refractivity contribution in [2.75, 3.05) is 33.4 Å². The van der Waals surface area contributed by atoms with E-state index in [2.05, 4.69) is 0 Å². The van der Waals surface area contributed by atoms with Crippen LogP contribution in [0.4, 0.5) is 18.0 Å². The summed E-state index contributed by atoms with van der Waals surface area (Å²) in [5, 5.41) is 9.15. The Labute approximate surface area is 186 Å². The molecule has 1 atom stereocenters. The van der Waals surface area contributed by atoms with Gasteiger partial charge >= 0.3 is 18.2 Å². The highest BCUT2D eigenvalue weighted by Crippen LogP contribution is 2.23. The van der Waals surface area contributed by atoms with Gasteiger partial charge in [0.05, 0.1) is 13.7 Å². The molecule has 0 aliphatic carbocycles. The van der Waals surface area contributed by atoms with Crippen molar-refractivity contribution >= 4 is 12.1 Å². The number of hydrogen-bond acceptors (Lipinski definition) is 5. The van der Waals surface area contributed by atoms with E-state index >= 15 is 0 Å². The highest BCUT2D eigenvalue weighted by molar-refractivity contribution is 5.72. The van der Waals surface area contributed by atoms with Gasteiger partial charge in [-0.05, 0) is 37.5 Å². The van der Waals surface area contributed by atoms with Crippen molar-refractivity contribution in [2.24, 2.45) is 0 Å². The van der Waals surface area contributed by atoms with Gasteiger partial charge < -0.3 is 24.2 Å². The van der Waals surface area contributed by atoms with Crippen LogP contribution in [0.25, 0.3) is 0 Å². The fourth-order valence-electron chi connectivity index (χ4n) is 3.03. The van der Waals surface area contributed by atoms with Gasteiger partial charge in [-0.15, -0.1) is 0 Å². The number of halogens is 3. The number of aliphatic carboxylic acids is 1. The zero-order chi connectivity index (χ0) is 24.0. The maximum absolute atomic E-state index is 12.2. The molecule has 0 radical (unpaired) electrons. The molecule has 1 aromatic rings. The van der Waals surface area contributed by atoms with Gasteiger partial charge in [0.15, 0.2) is 6.10 Å². The molecule has 0 aromatic heterocycles. The molecule has 1 amide bonds. The fraction of sp³-hybridized carbons (Fsp3) is 0.636. The van der Waals surface area contributed by atoms with E-state index in [0.29, 0.717) is 38.2 Å². The second-order valence-corrected chi connectivity index (χ2v) is 7.22. The summed E-state index contributed by atoms with van der Waals surface area (Å²) in [6, 6.07) is 6.93. The summed E-state index contributed by atoms with van der Waals surface area (Å²) in [7, 11) is 1.27. The molecule has 0 aliphatic heterocycles. The van der Waals surface area contributed by atoms with Gasteiger partial charge in [0.2, 0.25) is 0 Å². The van der Waals surface area contributed by atoms with Crippen LogP contribution in [0, 0.1) is 0 Å². The van der Waals surface area contributed by atoms with Crippen molar-refractivity contribution in [3.05, 3.63) is 29.8 Å². The Hall–Kier alpha value is -2.49. The van der Waals surface area contributed by atoms with E-state index in [1.54, 1.807) is 31.2 Å². The van der Waals surface area contributed by atoms with Crippen molar-refractivity contribution in [3.63, 3.8) is 0 Å². The molecule has 0 spiro atoms. The largest absolute Gasteiger partial charge is 0.492 e. The molecule has 1 unspecified atom stereocenters. The van der Waals surface area contributed by atoms with E-state index in [-0.39, 0.29) is 26.0 Å². The number of methoxy groups -OCH3 is 1. The smallest absolute Gasteiger partial charge is 0.409 e. The van der Waals surface area contributed by atoms with Crippen LogP contribution in [0.3, 0.4) is 0 Å². The van der Waals surface area contributed by atoms with Crippen molar-refractivity contribution in [3.8, 4) is 5.75 Å². The number of alkyl halides is 3. The first-order chi connectivity index (χ1) is 15.2. The Morgan fingerprint density at radius 3 is 2.28 bits per heavy atom. The van der Waals surface area contributed by atoms with Crippen LogP contribution < -0.4 is 4.74 Å². The molecule has 182 valence electrons. The maximum Gasteiger partial charge on any atom is 0.409 e. The molecule has 1 N–H and O–H groups in total. The number of unbranched alkanes of at least 4 members (excludes halogenated alkanes) is 3. The molecule has 1 rings (SSSR count). The number of amides is 1. The summed E-state index contributed by atoms with van der Waals surface area (Å²) in [6.45, 7) is 2.89. The van der Waals surface area contributed by atoms with Crippen LogP contribution >= 0.6 is 0 Å². The Balaban J connectivity index is 2.41. The molecule has 0 saturated carbocycles. The Bertz CT molecular complexity index is 681. The minimum Gasteiger partial charge on any atom is -0.492 e. The molecule has 0 saturated heterocycles. The minimum absolute atomic E-state index is 0.0820. The second-order valence-electron chi connectivity index (χ2n) is 7.22. The van der Waals surface area contributed by atoms with Gasteiger partial charge in [0.1, 0.15) is 12.4 Å². The standard InChI is InChI=1S/C22H32F3NO6/c1-3-31-19(20(27)28)16-17-8-10-18(11-9-17)32-15-14-26(21(29)30-2)13-7-5-4-6-12-22(23,24)25/h8-11,19H,3-7,12-16H2,1-2H3,(H,27,28). The van der Waals surface area contributed by atoms with Gasteiger partial charge in [-0.2, -0.15) is 13.2 Å². The maximum atomic E-state index is 12.2. The average molecular weight is 463 g/mol. The van der Waals surface area contributed by atoms with Gasteiger partial charge in [-0.1, -0.05) is 25.0 Å². The number of carbonyl (C=O) groups excluding carboxylic acids is 1. The first-order valence-electron chi connectivity index (χ1n) is 10.6. The predicted octanol–water partition coefficient (Wildman–Crippen LogP) is 4.68. The highest BCUT2D eigenvalue weighted by Gasteiger charge is 2.25. The molecule has 0 bridgehead atoms. The van der Waals surface area contributed by atoms with Crippen LogP contribution in [0.1, 0.15) is 44.6 Å². The van der Waals surface area contributed by atoms with E-state index in [1.807, 2.05) is 0 Å². The van der Waals surface area contributed by atoms with Gasteiger partial charge in [-0.3, -0.25) is 0 Å². The Morgan fingerprint density at radius 1 is 1.06 bits per heavy atom. The summed E-state index contributed by atoms with van der Waals surface area (Å²) < 4.78 is 52.1. The number of carboxylic acid groups (broad SMARTS) is 1. The molecule has 0 aliphatic rings. The lowest BCUT2D eigenvalue weighted by Crippen LogP contribution is -2.35. The minimum atomic E-state index is -4.13. The third-order valence-corrected chi connectivity index (χ3v) is 4.69. The van der Waals surface area contributed by atoms with Crippen LogP contribution in [-0.4, -0.2) is 67.8 Å². The summed E-state index contributed by atoms with van der Waals surface area (Å²) in [4.78, 5) is 24.5. The monoisotopic (exact) mass is 463 g/mol. The quantitative estimate of drug-likeness (QED) is 0.380. The van der Waals surface area contributed by atoms with Gasteiger partial charge in [-0.25, -0.2) is 9.59 Å². The third kappa shape index (κ3) is 11.8. The lowest BCUT2D eigenvalue weighted by molar-refractivity contribution is -0.150. The van der Waals surface area contributed by atoms with Crippen molar-refractivity contribution in [1.29, 1.82) is 0 Å². The van der Waals surface area contributed by atoms with E-state index < -0.39 is 30.8 Å². The van der Waals surface area contributed by atoms with Gasteiger partial charge in [0.25, 0.3) is 0 Å². The highest BCUT2D eigenvalue weighted by atomic mass is 19.4. The number of benzene rings is 1. The molecule has 0 fully saturated rings. The number of carboxylic acids is 1. The molecular formula is C22H32F3NO6. The molecular weight excluding hydrogens is 431 g/mol. The molecule has 10 heteroatoms. The zero-order valence-electron chi connectivity index (χ0n) is 18.5. The van der Waals surface area contributed by atoms with E-state index in [0.717, 1.165) is 5.56 Å². The summed E-state index contributed by atoms with van der Waals surface area (Å²) >= 11 is 0. The van der Waals surface area contributed by atoms with Gasteiger partial charge in [0, 0.05) is 26.0 Å². The Kier molecular flexibility index (Phi) is 12.5. The lowest BCUT2D eigenvalue weighted by Gasteiger charge is -2.21. The van der Waals surface area contributed by atoms with Crippen LogP contribution in [0.5, 0.6) is 5.75 Å². The van der Waals surface area contributed by atoms with Crippen molar-refractivity contribution < 1.29 is 42.1 Å². The number of ether oxygens (including phenoxy) is 3. The summed E-state index contributed by atoms with van der Waals surface area (Å²) in [6.07, 6.45) is -4.41. The predicted molar refractivity (Wildman–Crippen MR) is 112 cm³/mol. The normalized spacial score (nSPS) is 12.3. The first-order valence-corrected chi connectivity index (χ1v) is 10.6. The molecule has 7 nitrogen and oxygen atoms in total. The number of carbonyl (C=O) groups is 2. The van der Waals surface area contributed by atoms with E-state index in [9.17, 15) is 22.8 Å². The van der Waals surface area contributed by atoms with Crippen LogP contribution in [0.15, 0.2) is 24.3 Å². The summed E-state index contributed by atoms with van der Waals surface area (Å²) in [5.41, 5.74) is 0.792. The van der Waals surface area contributed by atoms with E-state index in [1.165, 1.54) is 12.0 Å². The molecule has 0 heterocycles. The topological polar surface area (TPSA) is 85.3 Å². The number of nitrogens with zero attached hydrogens (tertiary/aromatic N) is 1. The lowest BCUT2D eigenvalue weighted by atomic mass is 10.1. The Morgan fingerprint density at radius 2 is 1.72 bits per heavy atom. The fourth-order valence-corrected chi connectivity index (χ4v) is 3.03. The molecule has 32 heavy (non-hydrogen) atoms. The summed E-state index contributed by atoms with van der Waals surface area (Å²) in [5.74, 6) is -0.454. The van der Waals surface area contributed by atoms with Crippen molar-refractivity contribution in [2.45, 2.75) is 57.7 Å². The SMILES string of the molecule is CCOC(Cc1ccc(OCCN(CCCCCCC(F)(F)F)C(=O)OC)cc1)C(=O)O. The van der Waals surface area contributed by atoms with Crippen molar-refractivity contribution in [1.82, 2.24) is 4.90 Å². The van der Waals surface area contributed by atoms with E-state index in [4.69, 9.17) is 19.3 Å². The van der Waals surface area contributed by atoms with Crippen LogP contribution in [-0.2, 0) is 20.7 Å². The third-order valence-electron chi connectivity index (χ3n) is 4.69. The average Bonchev–Trinajstić information content (AvgIpc) is 2.74. The first kappa shape index (κ1) is 27.5. The van der Waals surface area contributed by atoms with Crippen LogP contribution in [0.2, 0.25) is 0 Å². The number of rotatable bonds is 15. The zero-order valence-corrected chi connectivity index (χ0v) is 18.5. The number of hydrogen-bond donors (Lipinski definition) is 1. The second kappa shape index (κ2) is 14.5. The molecule has 1 aromatic carbocycles.